The smallest absolute Gasteiger partial charge is 0.408 e. The van der Waals surface area contributed by atoms with Gasteiger partial charge in [0.25, 0.3) is 0 Å². The number of nitrogens with one attached hydrogen (secondary N) is 2. The molecule has 35 heavy (non-hydrogen) atoms. The summed E-state index contributed by atoms with van der Waals surface area (Å²) in [6, 6.07) is -2.96. The summed E-state index contributed by atoms with van der Waals surface area (Å²) in [5, 5.41) is 5.32. The van der Waals surface area contributed by atoms with E-state index in [9.17, 15) is 24.0 Å². The number of rotatable bonds is 3. The van der Waals surface area contributed by atoms with Crippen LogP contribution >= 0.6 is 0 Å². The average Bonchev–Trinajstić information content (AvgIpc) is 3.15. The van der Waals surface area contributed by atoms with Gasteiger partial charge in [-0.2, -0.15) is 0 Å². The monoisotopic (exact) mass is 493 g/mol. The first-order valence-corrected chi connectivity index (χ1v) is 12.4. The van der Waals surface area contributed by atoms with Crippen LogP contribution in [0.15, 0.2) is 12.2 Å². The molecule has 0 spiro atoms. The number of hydrogen-bond donors (Lipinski definition) is 2. The molecule has 0 saturated carbocycles. The Morgan fingerprint density at radius 1 is 1.17 bits per heavy atom. The van der Waals surface area contributed by atoms with E-state index >= 15 is 0 Å². The highest BCUT2D eigenvalue weighted by atomic mass is 16.6. The molecule has 2 aliphatic heterocycles. The van der Waals surface area contributed by atoms with Gasteiger partial charge < -0.3 is 25.0 Å². The number of carbonyl (C=O) groups excluding carboxylic acids is 5. The lowest BCUT2D eigenvalue weighted by Crippen LogP contribution is -2.56. The van der Waals surface area contributed by atoms with E-state index in [1.807, 2.05) is 12.2 Å². The Morgan fingerprint density at radius 3 is 2.54 bits per heavy atom. The van der Waals surface area contributed by atoms with E-state index in [0.717, 1.165) is 19.3 Å². The van der Waals surface area contributed by atoms with E-state index in [4.69, 9.17) is 9.47 Å². The molecule has 0 aliphatic carbocycles. The summed E-state index contributed by atoms with van der Waals surface area (Å²) in [5.74, 6) is -2.31. The van der Waals surface area contributed by atoms with Gasteiger partial charge in [0, 0.05) is 12.3 Å². The number of carbonyl (C=O) groups is 5. The van der Waals surface area contributed by atoms with Crippen LogP contribution in [0.25, 0.3) is 0 Å². The van der Waals surface area contributed by atoms with Crippen molar-refractivity contribution in [2.24, 2.45) is 5.92 Å². The van der Waals surface area contributed by atoms with Crippen molar-refractivity contribution in [1.29, 1.82) is 0 Å². The van der Waals surface area contributed by atoms with Gasteiger partial charge in [-0.25, -0.2) is 9.59 Å². The molecular weight excluding hydrogens is 454 g/mol. The SMILES string of the molecule is CCOC(=O)C1NC(=O)[C@@H]2CC(=O)CN2C(=O)[C@@H](NC(=O)OC(C)(C)C)CCCCC/C=C\[C@@H]1C. The Labute approximate surface area is 207 Å². The lowest BCUT2D eigenvalue weighted by molar-refractivity contribution is -0.149. The molecule has 0 aromatic carbocycles. The minimum Gasteiger partial charge on any atom is -0.464 e. The first-order chi connectivity index (χ1) is 16.4. The fraction of sp³-hybridized carbons (Fsp3) is 0.720. The zero-order valence-electron chi connectivity index (χ0n) is 21.4. The zero-order chi connectivity index (χ0) is 26.2. The molecule has 2 rings (SSSR count). The van der Waals surface area contributed by atoms with Crippen molar-refractivity contribution >= 4 is 29.7 Å². The molecule has 10 heteroatoms. The van der Waals surface area contributed by atoms with Gasteiger partial charge in [-0.15, -0.1) is 0 Å². The standard InChI is InChI=1S/C25H39N3O7/c1-6-34-23(32)20-16(2)12-10-8-7-9-11-13-18(26-24(33)35-25(3,4)5)22(31)28-15-17(29)14-19(28)21(30)27-20/h10,12,16,18-20H,6-9,11,13-15H2,1-5H3,(H,26,33)(H,27,30)/b12-10-/t16-,18-,19-,20?/m0/s1. The van der Waals surface area contributed by atoms with Crippen LogP contribution in [-0.4, -0.2) is 71.4 Å². The lowest BCUT2D eigenvalue weighted by atomic mass is 9.99. The van der Waals surface area contributed by atoms with Crippen molar-refractivity contribution in [3.05, 3.63) is 12.2 Å². The number of ketones is 1. The topological polar surface area (TPSA) is 131 Å². The number of alkyl carbamates (subject to hydrolysis) is 1. The van der Waals surface area contributed by atoms with Crippen LogP contribution in [0, 0.1) is 5.92 Å². The molecule has 0 aromatic heterocycles. The molecular formula is C25H39N3O7. The number of Topliss-reactive ketones (excluding diaryl/α,β-unsaturated/α-hetero) is 1. The van der Waals surface area contributed by atoms with Gasteiger partial charge in [0.1, 0.15) is 23.7 Å². The molecule has 2 N–H and O–H groups in total. The predicted octanol–water partition coefficient (Wildman–Crippen LogP) is 2.25. The van der Waals surface area contributed by atoms with Gasteiger partial charge in [-0.3, -0.25) is 14.4 Å². The first-order valence-electron chi connectivity index (χ1n) is 12.4. The van der Waals surface area contributed by atoms with E-state index in [0.29, 0.717) is 12.8 Å². The highest BCUT2D eigenvalue weighted by molar-refractivity contribution is 6.01. The van der Waals surface area contributed by atoms with Crippen LogP contribution in [0.4, 0.5) is 4.79 Å². The summed E-state index contributed by atoms with van der Waals surface area (Å²) in [6.07, 6.45) is 6.41. The molecule has 1 unspecified atom stereocenters. The minimum atomic E-state index is -1.07. The second kappa shape index (κ2) is 12.7. The molecule has 2 aliphatic rings. The van der Waals surface area contributed by atoms with Gasteiger partial charge in [0.05, 0.1) is 13.2 Å². The fourth-order valence-corrected chi connectivity index (χ4v) is 4.16. The highest BCUT2D eigenvalue weighted by Crippen LogP contribution is 2.20. The molecule has 0 aromatic rings. The maximum absolute atomic E-state index is 13.5. The molecule has 2 heterocycles. The van der Waals surface area contributed by atoms with Gasteiger partial charge >= 0.3 is 12.1 Å². The largest absolute Gasteiger partial charge is 0.464 e. The molecule has 10 nitrogen and oxygen atoms in total. The summed E-state index contributed by atoms with van der Waals surface area (Å²) in [5.41, 5.74) is -0.746. The summed E-state index contributed by atoms with van der Waals surface area (Å²) in [6.45, 7) is 8.58. The summed E-state index contributed by atoms with van der Waals surface area (Å²) in [7, 11) is 0. The maximum atomic E-state index is 13.5. The normalized spacial score (nSPS) is 27.7. The van der Waals surface area contributed by atoms with Gasteiger partial charge in [0.15, 0.2) is 5.78 Å². The van der Waals surface area contributed by atoms with Crippen LogP contribution in [-0.2, 0) is 28.7 Å². The third kappa shape index (κ3) is 8.67. The Morgan fingerprint density at radius 2 is 1.89 bits per heavy atom. The van der Waals surface area contributed by atoms with Gasteiger partial charge in [0.2, 0.25) is 11.8 Å². The number of allylic oxidation sites excluding steroid dienone is 1. The second-order valence-electron chi connectivity index (χ2n) is 10.1. The van der Waals surface area contributed by atoms with Crippen LogP contribution in [0.5, 0.6) is 0 Å². The van der Waals surface area contributed by atoms with Gasteiger partial charge in [-0.05, 0) is 47.0 Å². The number of amides is 3. The van der Waals surface area contributed by atoms with E-state index < -0.39 is 47.6 Å². The van der Waals surface area contributed by atoms with E-state index in [2.05, 4.69) is 10.6 Å². The number of ether oxygens (including phenoxy) is 2. The molecule has 4 atom stereocenters. The van der Waals surface area contributed by atoms with E-state index in [-0.39, 0.29) is 31.3 Å². The number of fused-ring (bicyclic) bond motifs is 1. The summed E-state index contributed by atoms with van der Waals surface area (Å²) < 4.78 is 10.5. The molecule has 3 amide bonds. The Bertz CT molecular complexity index is 833. The van der Waals surface area contributed by atoms with E-state index in [1.165, 1.54) is 4.90 Å². The Kier molecular flexibility index (Phi) is 10.3. The van der Waals surface area contributed by atoms with Crippen molar-refractivity contribution < 1.29 is 33.4 Å². The number of nitrogens with zero attached hydrogens (tertiary/aromatic N) is 1. The Balaban J connectivity index is 2.32. The lowest BCUT2D eigenvalue weighted by Gasteiger charge is -2.30. The molecule has 196 valence electrons. The van der Waals surface area contributed by atoms with Crippen LogP contribution in [0.3, 0.4) is 0 Å². The first kappa shape index (κ1) is 28.3. The van der Waals surface area contributed by atoms with Crippen molar-refractivity contribution in [3.8, 4) is 0 Å². The predicted molar refractivity (Wildman–Crippen MR) is 128 cm³/mol. The Hall–Kier alpha value is -2.91. The van der Waals surface area contributed by atoms with Gasteiger partial charge in [-0.1, -0.05) is 31.9 Å². The van der Waals surface area contributed by atoms with Crippen LogP contribution in [0.1, 0.15) is 73.1 Å². The third-order valence-corrected chi connectivity index (χ3v) is 5.89. The molecule has 1 saturated heterocycles. The highest BCUT2D eigenvalue weighted by Gasteiger charge is 2.43. The van der Waals surface area contributed by atoms with Crippen molar-refractivity contribution in [2.75, 3.05) is 13.2 Å². The number of hydrogen-bond acceptors (Lipinski definition) is 7. The second-order valence-corrected chi connectivity index (χ2v) is 10.1. The van der Waals surface area contributed by atoms with Crippen molar-refractivity contribution in [1.82, 2.24) is 15.5 Å². The molecule has 1 fully saturated rings. The molecule has 0 bridgehead atoms. The average molecular weight is 494 g/mol. The number of esters is 1. The maximum Gasteiger partial charge on any atom is 0.408 e. The third-order valence-electron chi connectivity index (χ3n) is 5.89. The summed E-state index contributed by atoms with van der Waals surface area (Å²) >= 11 is 0. The van der Waals surface area contributed by atoms with E-state index in [1.54, 1.807) is 34.6 Å². The molecule has 0 radical (unpaired) electrons. The van der Waals surface area contributed by atoms with Crippen LogP contribution < -0.4 is 10.6 Å². The van der Waals surface area contributed by atoms with Crippen molar-refractivity contribution in [3.63, 3.8) is 0 Å². The zero-order valence-corrected chi connectivity index (χ0v) is 21.4. The quantitative estimate of drug-likeness (QED) is 0.455. The summed E-state index contributed by atoms with van der Waals surface area (Å²) in [4.78, 5) is 65.2. The van der Waals surface area contributed by atoms with Crippen LogP contribution in [0.2, 0.25) is 0 Å². The fourth-order valence-electron chi connectivity index (χ4n) is 4.16. The van der Waals surface area contributed by atoms with Crippen molar-refractivity contribution in [2.45, 2.75) is 96.9 Å². The minimum absolute atomic E-state index is 0.156.